The maximum Gasteiger partial charge on any atom is 0.147 e. The van der Waals surface area contributed by atoms with Crippen molar-refractivity contribution in [3.05, 3.63) is 45.9 Å². The number of rotatable bonds is 0. The van der Waals surface area contributed by atoms with Gasteiger partial charge in [-0.2, -0.15) is 0 Å². The van der Waals surface area contributed by atoms with Gasteiger partial charge in [0.15, 0.2) is 0 Å². The van der Waals surface area contributed by atoms with E-state index in [1.54, 1.807) is 18.6 Å². The van der Waals surface area contributed by atoms with E-state index in [2.05, 4.69) is 35.9 Å². The minimum atomic E-state index is 0.440. The van der Waals surface area contributed by atoms with Gasteiger partial charge in [-0.1, -0.05) is 39.3 Å². The molecule has 2 aromatic rings. The quantitative estimate of drug-likeness (QED) is 0.659. The Kier molecular flexibility index (Phi) is 15.2. The van der Waals surface area contributed by atoms with Crippen LogP contribution in [0.4, 0.5) is 0 Å². The second-order valence-corrected chi connectivity index (χ2v) is 4.16. The predicted molar refractivity (Wildman–Crippen MR) is 88.9 cm³/mol. The first-order valence-corrected chi connectivity index (χ1v) is 7.63. The standard InChI is InChI=1S/C5H5BrN2.C5H5ClN2.2C2H6/c2*1-4-2-8-5(6)3-7-4;2*1-2/h2*2-3H,1H3;2*1-2H3. The Bertz CT molecular complexity index is 346. The van der Waals surface area contributed by atoms with Crippen LogP contribution in [0.2, 0.25) is 5.15 Å². The molecule has 0 amide bonds. The Morgan fingerprint density at radius 2 is 1.20 bits per heavy atom. The summed E-state index contributed by atoms with van der Waals surface area (Å²) in [4.78, 5) is 15.6. The van der Waals surface area contributed by atoms with Crippen LogP contribution >= 0.6 is 27.5 Å². The number of nitrogens with zero attached hydrogens (tertiary/aromatic N) is 4. The topological polar surface area (TPSA) is 51.6 Å². The molecular formula is C14H22BrClN4. The molecule has 20 heavy (non-hydrogen) atoms. The molecule has 0 spiro atoms. The van der Waals surface area contributed by atoms with Gasteiger partial charge in [0.05, 0.1) is 23.8 Å². The second kappa shape index (κ2) is 14.3. The zero-order valence-corrected chi connectivity index (χ0v) is 15.2. The average molecular weight is 362 g/mol. The fraction of sp³-hybridized carbons (Fsp3) is 0.429. The number of aromatic nitrogens is 4. The van der Waals surface area contributed by atoms with E-state index in [1.807, 2.05) is 41.5 Å². The summed E-state index contributed by atoms with van der Waals surface area (Å²) in [7, 11) is 0. The molecule has 0 aliphatic rings. The van der Waals surface area contributed by atoms with Crippen molar-refractivity contribution in [1.82, 2.24) is 19.9 Å². The number of aryl methyl sites for hydroxylation is 2. The fourth-order valence-corrected chi connectivity index (χ4v) is 1.06. The summed E-state index contributed by atoms with van der Waals surface area (Å²) in [5.41, 5.74) is 1.82. The third-order valence-electron chi connectivity index (χ3n) is 1.50. The lowest BCUT2D eigenvalue weighted by atomic mass is 10.5. The van der Waals surface area contributed by atoms with Crippen molar-refractivity contribution in [2.75, 3.05) is 0 Å². The molecule has 2 rings (SSSR count). The van der Waals surface area contributed by atoms with Gasteiger partial charge < -0.3 is 0 Å². The van der Waals surface area contributed by atoms with Crippen LogP contribution in [0.3, 0.4) is 0 Å². The largest absolute Gasteiger partial charge is 0.257 e. The van der Waals surface area contributed by atoms with Crippen LogP contribution in [0.5, 0.6) is 0 Å². The molecule has 0 saturated carbocycles. The summed E-state index contributed by atoms with van der Waals surface area (Å²) in [5, 5.41) is 0.440. The third-order valence-corrected chi connectivity index (χ3v) is 2.10. The number of hydrogen-bond donors (Lipinski definition) is 0. The molecule has 6 heteroatoms. The van der Waals surface area contributed by atoms with E-state index in [4.69, 9.17) is 11.6 Å². The van der Waals surface area contributed by atoms with Crippen molar-refractivity contribution in [3.8, 4) is 0 Å². The summed E-state index contributed by atoms with van der Waals surface area (Å²) < 4.78 is 0.781. The molecule has 2 aromatic heterocycles. The maximum atomic E-state index is 5.44. The van der Waals surface area contributed by atoms with Gasteiger partial charge in [-0.15, -0.1) is 0 Å². The third kappa shape index (κ3) is 12.0. The first kappa shape index (κ1) is 21.2. The SMILES string of the molecule is CC.CC.Cc1cnc(Br)cn1.Cc1cnc(Cl)cn1. The summed E-state index contributed by atoms with van der Waals surface area (Å²) >= 11 is 8.61. The van der Waals surface area contributed by atoms with E-state index in [0.29, 0.717) is 5.15 Å². The van der Waals surface area contributed by atoms with Crippen molar-refractivity contribution >= 4 is 27.5 Å². The summed E-state index contributed by atoms with van der Waals surface area (Å²) in [6.45, 7) is 11.8. The van der Waals surface area contributed by atoms with Gasteiger partial charge in [0.1, 0.15) is 9.76 Å². The van der Waals surface area contributed by atoms with Crippen LogP contribution in [-0.4, -0.2) is 19.9 Å². The van der Waals surface area contributed by atoms with Crippen LogP contribution in [-0.2, 0) is 0 Å². The fourth-order valence-electron chi connectivity index (χ4n) is 0.754. The van der Waals surface area contributed by atoms with Crippen molar-refractivity contribution in [2.45, 2.75) is 41.5 Å². The van der Waals surface area contributed by atoms with Crippen LogP contribution in [0.25, 0.3) is 0 Å². The molecule has 0 aromatic carbocycles. The molecular weight excluding hydrogens is 340 g/mol. The van der Waals surface area contributed by atoms with Gasteiger partial charge in [-0.3, -0.25) is 9.97 Å². The zero-order valence-electron chi connectivity index (χ0n) is 12.9. The smallest absolute Gasteiger partial charge is 0.147 e. The van der Waals surface area contributed by atoms with E-state index in [9.17, 15) is 0 Å². The molecule has 0 atom stereocenters. The lowest BCUT2D eigenvalue weighted by Gasteiger charge is -1.87. The van der Waals surface area contributed by atoms with Crippen molar-refractivity contribution < 1.29 is 0 Å². The van der Waals surface area contributed by atoms with Gasteiger partial charge in [0.2, 0.25) is 0 Å². The predicted octanol–water partition coefficient (Wildman–Crippen LogP) is 5.04. The van der Waals surface area contributed by atoms with E-state index < -0.39 is 0 Å². The Labute approximate surface area is 135 Å². The monoisotopic (exact) mass is 360 g/mol. The first-order chi connectivity index (χ1) is 9.58. The number of hydrogen-bond acceptors (Lipinski definition) is 4. The Hall–Kier alpha value is -1.07. The van der Waals surface area contributed by atoms with Crippen molar-refractivity contribution in [1.29, 1.82) is 0 Å². The van der Waals surface area contributed by atoms with E-state index in [0.717, 1.165) is 16.0 Å². The molecule has 112 valence electrons. The van der Waals surface area contributed by atoms with Gasteiger partial charge in [-0.25, -0.2) is 9.97 Å². The minimum absolute atomic E-state index is 0.440. The van der Waals surface area contributed by atoms with Gasteiger partial charge in [0, 0.05) is 12.4 Å². The molecule has 0 unspecified atom stereocenters. The highest BCUT2D eigenvalue weighted by molar-refractivity contribution is 9.10. The first-order valence-electron chi connectivity index (χ1n) is 6.46. The van der Waals surface area contributed by atoms with Crippen LogP contribution < -0.4 is 0 Å². The molecule has 2 heterocycles. The Balaban J connectivity index is 0. The summed E-state index contributed by atoms with van der Waals surface area (Å²) in [6.07, 6.45) is 6.54. The lowest BCUT2D eigenvalue weighted by Crippen LogP contribution is -1.81. The highest BCUT2D eigenvalue weighted by Crippen LogP contribution is 2.00. The van der Waals surface area contributed by atoms with Gasteiger partial charge >= 0.3 is 0 Å². The average Bonchev–Trinajstić information content (AvgIpc) is 2.50. The van der Waals surface area contributed by atoms with Gasteiger partial charge in [-0.05, 0) is 29.8 Å². The minimum Gasteiger partial charge on any atom is -0.257 e. The molecule has 0 radical (unpaired) electrons. The number of halogens is 2. The zero-order chi connectivity index (χ0) is 16.0. The van der Waals surface area contributed by atoms with Crippen molar-refractivity contribution in [2.24, 2.45) is 0 Å². The summed E-state index contributed by atoms with van der Waals surface area (Å²) in [5.74, 6) is 0. The Morgan fingerprint density at radius 3 is 1.45 bits per heavy atom. The highest BCUT2D eigenvalue weighted by atomic mass is 79.9. The van der Waals surface area contributed by atoms with E-state index in [-0.39, 0.29) is 0 Å². The second-order valence-electron chi connectivity index (χ2n) is 2.96. The Morgan fingerprint density at radius 1 is 0.750 bits per heavy atom. The maximum absolute atomic E-state index is 5.44. The molecule has 0 bridgehead atoms. The van der Waals surface area contributed by atoms with Crippen LogP contribution in [0.15, 0.2) is 29.4 Å². The van der Waals surface area contributed by atoms with E-state index >= 15 is 0 Å². The molecule has 4 nitrogen and oxygen atoms in total. The van der Waals surface area contributed by atoms with Gasteiger partial charge in [0.25, 0.3) is 0 Å². The van der Waals surface area contributed by atoms with Crippen LogP contribution in [0.1, 0.15) is 39.1 Å². The molecule has 0 fully saturated rings. The molecule has 0 N–H and O–H groups in total. The molecule has 0 aliphatic carbocycles. The lowest BCUT2D eigenvalue weighted by molar-refractivity contribution is 1.09. The normalized spacial score (nSPS) is 8.00. The van der Waals surface area contributed by atoms with Crippen molar-refractivity contribution in [3.63, 3.8) is 0 Å². The molecule has 0 aliphatic heterocycles. The molecule has 0 saturated heterocycles. The summed E-state index contributed by atoms with van der Waals surface area (Å²) in [6, 6.07) is 0. The highest BCUT2D eigenvalue weighted by Gasteiger charge is 1.85. The van der Waals surface area contributed by atoms with E-state index in [1.165, 1.54) is 6.20 Å². The van der Waals surface area contributed by atoms with Crippen LogP contribution in [0, 0.1) is 13.8 Å².